The first kappa shape index (κ1) is 21.7. The fraction of sp³-hybridized carbons (Fsp3) is 0.480. The van der Waals surface area contributed by atoms with Gasteiger partial charge in [0.05, 0.1) is 19.8 Å². The highest BCUT2D eigenvalue weighted by atomic mass is 16.5. The molecule has 0 saturated carbocycles. The fourth-order valence-electron chi connectivity index (χ4n) is 4.43. The van der Waals surface area contributed by atoms with Crippen molar-refractivity contribution in [3.63, 3.8) is 0 Å². The Morgan fingerprint density at radius 1 is 1.19 bits per heavy atom. The number of methoxy groups -OCH3 is 1. The smallest absolute Gasteiger partial charge is 0.236 e. The van der Waals surface area contributed by atoms with Gasteiger partial charge in [0.1, 0.15) is 17.6 Å². The number of likely N-dealkylation sites (N-methyl/N-ethyl adjacent to an activating group) is 1. The largest absolute Gasteiger partial charge is 0.496 e. The third-order valence-corrected chi connectivity index (χ3v) is 6.09. The quantitative estimate of drug-likeness (QED) is 0.679. The van der Waals surface area contributed by atoms with E-state index in [4.69, 9.17) is 14.2 Å². The van der Waals surface area contributed by atoms with Crippen molar-refractivity contribution in [1.29, 1.82) is 0 Å². The Bertz CT molecular complexity index is 881. The molecule has 31 heavy (non-hydrogen) atoms. The van der Waals surface area contributed by atoms with E-state index in [0.717, 1.165) is 42.1 Å². The van der Waals surface area contributed by atoms with Crippen molar-refractivity contribution in [2.45, 2.75) is 38.5 Å². The van der Waals surface area contributed by atoms with Crippen LogP contribution in [0.2, 0.25) is 0 Å². The molecule has 0 unspecified atom stereocenters. The van der Waals surface area contributed by atoms with Gasteiger partial charge >= 0.3 is 0 Å². The van der Waals surface area contributed by atoms with Gasteiger partial charge < -0.3 is 19.1 Å². The summed E-state index contributed by atoms with van der Waals surface area (Å²) >= 11 is 0. The second kappa shape index (κ2) is 10.2. The van der Waals surface area contributed by atoms with E-state index in [2.05, 4.69) is 11.0 Å². The minimum atomic E-state index is -0.221. The summed E-state index contributed by atoms with van der Waals surface area (Å²) in [6.07, 6.45) is 2.06. The number of hydrogen-bond donors (Lipinski definition) is 0. The third kappa shape index (κ3) is 5.20. The highest BCUT2D eigenvalue weighted by Crippen LogP contribution is 2.34. The van der Waals surface area contributed by atoms with Gasteiger partial charge in [-0.2, -0.15) is 0 Å². The molecule has 4 rings (SSSR count). The predicted molar refractivity (Wildman–Crippen MR) is 119 cm³/mol. The summed E-state index contributed by atoms with van der Waals surface area (Å²) in [7, 11) is 1.68. The maximum Gasteiger partial charge on any atom is 0.236 e. The van der Waals surface area contributed by atoms with Crippen LogP contribution in [0.4, 0.5) is 0 Å². The van der Waals surface area contributed by atoms with Crippen LogP contribution in [0.5, 0.6) is 11.5 Å². The number of carbonyl (C=O) groups is 1. The summed E-state index contributed by atoms with van der Waals surface area (Å²) in [4.78, 5) is 17.3. The number of nitrogens with zero attached hydrogens (tertiary/aromatic N) is 2. The molecule has 2 aromatic carbocycles. The Balaban J connectivity index is 1.54. The van der Waals surface area contributed by atoms with Crippen molar-refractivity contribution in [2.24, 2.45) is 0 Å². The third-order valence-electron chi connectivity index (χ3n) is 6.09. The molecule has 0 radical (unpaired) electrons. The van der Waals surface area contributed by atoms with Crippen molar-refractivity contribution in [1.82, 2.24) is 9.80 Å². The molecule has 6 nitrogen and oxygen atoms in total. The van der Waals surface area contributed by atoms with Crippen LogP contribution < -0.4 is 9.47 Å². The van der Waals surface area contributed by atoms with Crippen LogP contribution in [0.15, 0.2) is 48.5 Å². The highest BCUT2D eigenvalue weighted by molar-refractivity contribution is 5.78. The molecule has 0 aliphatic carbocycles. The maximum absolute atomic E-state index is 13.2. The molecular formula is C25H32N2O4. The molecule has 0 spiro atoms. The second-order valence-electron chi connectivity index (χ2n) is 8.19. The normalized spacial score (nSPS) is 21.1. The lowest BCUT2D eigenvalue weighted by molar-refractivity contribution is -0.134. The molecule has 2 heterocycles. The molecule has 1 fully saturated rings. The van der Waals surface area contributed by atoms with Crippen LogP contribution in [0.3, 0.4) is 0 Å². The van der Waals surface area contributed by atoms with Crippen LogP contribution in [0, 0.1) is 0 Å². The number of rotatable bonds is 7. The summed E-state index contributed by atoms with van der Waals surface area (Å²) < 4.78 is 17.8. The first-order valence-electron chi connectivity index (χ1n) is 11.2. The molecule has 0 bridgehead atoms. The van der Waals surface area contributed by atoms with Gasteiger partial charge in [0.15, 0.2) is 0 Å². The Morgan fingerprint density at radius 2 is 2.00 bits per heavy atom. The van der Waals surface area contributed by atoms with E-state index in [1.165, 1.54) is 0 Å². The van der Waals surface area contributed by atoms with Crippen molar-refractivity contribution in [2.75, 3.05) is 39.9 Å². The van der Waals surface area contributed by atoms with Crippen LogP contribution in [-0.2, 0) is 16.1 Å². The number of para-hydroxylation sites is 2. The molecule has 166 valence electrons. The van der Waals surface area contributed by atoms with E-state index >= 15 is 0 Å². The van der Waals surface area contributed by atoms with Crippen molar-refractivity contribution in [3.05, 3.63) is 59.7 Å². The monoisotopic (exact) mass is 424 g/mol. The van der Waals surface area contributed by atoms with Crippen LogP contribution in [-0.4, -0.2) is 61.7 Å². The molecule has 2 aliphatic rings. The predicted octanol–water partition coefficient (Wildman–Crippen LogP) is 3.66. The summed E-state index contributed by atoms with van der Waals surface area (Å²) in [6, 6.07) is 16.0. The fourth-order valence-corrected chi connectivity index (χ4v) is 4.43. The molecular weight excluding hydrogens is 392 g/mol. The SMILES string of the molecule is CCN(C[C@H]1CCCO1)C(=O)CN1Cc2ccccc2O[C@@H](c2ccccc2OC)C1. The number of hydrogen-bond acceptors (Lipinski definition) is 5. The first-order chi connectivity index (χ1) is 15.2. The Morgan fingerprint density at radius 3 is 2.77 bits per heavy atom. The van der Waals surface area contributed by atoms with Gasteiger partial charge in [-0.25, -0.2) is 0 Å². The van der Waals surface area contributed by atoms with E-state index in [1.54, 1.807) is 7.11 Å². The molecule has 0 aromatic heterocycles. The molecule has 2 aromatic rings. The maximum atomic E-state index is 13.2. The lowest BCUT2D eigenvalue weighted by Gasteiger charge is -2.29. The Hall–Kier alpha value is -2.57. The second-order valence-corrected chi connectivity index (χ2v) is 8.19. The van der Waals surface area contributed by atoms with Gasteiger partial charge in [-0.3, -0.25) is 9.69 Å². The van der Waals surface area contributed by atoms with Gasteiger partial charge in [-0.15, -0.1) is 0 Å². The van der Waals surface area contributed by atoms with E-state index in [-0.39, 0.29) is 18.1 Å². The standard InChI is InChI=1S/C25H32N2O4/c1-3-27(16-20-10-8-14-30-20)25(28)18-26-15-19-9-4-6-12-22(19)31-24(17-26)21-11-5-7-13-23(21)29-2/h4-7,9,11-13,20,24H,3,8,10,14-18H2,1-2H3/t20-,24-/m1/s1. The Kier molecular flexibility index (Phi) is 7.10. The van der Waals surface area contributed by atoms with Gasteiger partial charge in [0, 0.05) is 43.9 Å². The molecule has 1 amide bonds. The summed E-state index contributed by atoms with van der Waals surface area (Å²) in [5.41, 5.74) is 2.08. The number of carbonyl (C=O) groups excluding carboxylic acids is 1. The average Bonchev–Trinajstić information content (AvgIpc) is 3.24. The lowest BCUT2D eigenvalue weighted by Crippen LogP contribution is -2.44. The van der Waals surface area contributed by atoms with Crippen molar-refractivity contribution >= 4 is 5.91 Å². The van der Waals surface area contributed by atoms with E-state index in [1.807, 2.05) is 54.3 Å². The molecule has 6 heteroatoms. The lowest BCUT2D eigenvalue weighted by atomic mass is 10.1. The van der Waals surface area contributed by atoms with E-state index in [0.29, 0.717) is 32.7 Å². The number of fused-ring (bicyclic) bond motifs is 1. The van der Waals surface area contributed by atoms with E-state index < -0.39 is 0 Å². The van der Waals surface area contributed by atoms with E-state index in [9.17, 15) is 4.79 Å². The zero-order valence-corrected chi connectivity index (χ0v) is 18.5. The minimum Gasteiger partial charge on any atom is -0.496 e. The zero-order chi connectivity index (χ0) is 21.6. The molecule has 2 aliphatic heterocycles. The van der Waals surface area contributed by atoms with Gasteiger partial charge in [0.25, 0.3) is 0 Å². The minimum absolute atomic E-state index is 0.135. The molecule has 1 saturated heterocycles. The highest BCUT2D eigenvalue weighted by Gasteiger charge is 2.29. The average molecular weight is 425 g/mol. The molecule has 0 N–H and O–H groups in total. The van der Waals surface area contributed by atoms with Gasteiger partial charge in [-0.1, -0.05) is 36.4 Å². The summed E-state index contributed by atoms with van der Waals surface area (Å²) in [5, 5.41) is 0. The van der Waals surface area contributed by atoms with Crippen LogP contribution >= 0.6 is 0 Å². The van der Waals surface area contributed by atoms with Crippen molar-refractivity contribution in [3.8, 4) is 11.5 Å². The number of amides is 1. The van der Waals surface area contributed by atoms with Gasteiger partial charge in [-0.05, 0) is 31.9 Å². The first-order valence-corrected chi connectivity index (χ1v) is 11.2. The van der Waals surface area contributed by atoms with Gasteiger partial charge in [0.2, 0.25) is 5.91 Å². The summed E-state index contributed by atoms with van der Waals surface area (Å²) in [6.45, 7) is 5.83. The number of benzene rings is 2. The number of ether oxygens (including phenoxy) is 3. The topological polar surface area (TPSA) is 51.2 Å². The Labute approximate surface area is 184 Å². The van der Waals surface area contributed by atoms with Crippen molar-refractivity contribution < 1.29 is 19.0 Å². The van der Waals surface area contributed by atoms with Crippen LogP contribution in [0.25, 0.3) is 0 Å². The zero-order valence-electron chi connectivity index (χ0n) is 18.5. The van der Waals surface area contributed by atoms with Crippen LogP contribution in [0.1, 0.15) is 37.0 Å². The summed E-state index contributed by atoms with van der Waals surface area (Å²) in [5.74, 6) is 1.79. The molecule has 2 atom stereocenters.